The van der Waals surface area contributed by atoms with Crippen LogP contribution in [0.15, 0.2) is 30.5 Å². The molecule has 1 heterocycles. The van der Waals surface area contributed by atoms with Gasteiger partial charge >= 0.3 is 5.97 Å². The molecule has 0 saturated carbocycles. The summed E-state index contributed by atoms with van der Waals surface area (Å²) in [7, 11) is 1.90. The third kappa shape index (κ3) is 1.95. The van der Waals surface area contributed by atoms with E-state index >= 15 is 0 Å². The van der Waals surface area contributed by atoms with Gasteiger partial charge in [0.15, 0.2) is 0 Å². The minimum atomic E-state index is -0.953. The molecule has 0 spiro atoms. The van der Waals surface area contributed by atoms with E-state index in [-0.39, 0.29) is 0 Å². The Bertz CT molecular complexity index is 584. The van der Waals surface area contributed by atoms with E-state index in [0.717, 1.165) is 22.5 Å². The Kier molecular flexibility index (Phi) is 2.71. The number of halogens is 1. The summed E-state index contributed by atoms with van der Waals surface area (Å²) < 4.78 is 1.92. The van der Waals surface area contributed by atoms with Gasteiger partial charge in [-0.05, 0) is 18.2 Å². The molecule has 0 aliphatic heterocycles. The van der Waals surface area contributed by atoms with Gasteiger partial charge in [0.1, 0.15) is 0 Å². The number of carboxylic acid groups (broad SMARTS) is 1. The zero-order valence-electron chi connectivity index (χ0n) is 8.64. The van der Waals surface area contributed by atoms with E-state index in [1.807, 2.05) is 29.9 Å². The number of carbonyl (C=O) groups is 1. The number of aryl methyl sites for hydroxylation is 1. The van der Waals surface area contributed by atoms with Gasteiger partial charge in [0.2, 0.25) is 0 Å². The third-order valence-electron chi connectivity index (χ3n) is 2.39. The lowest BCUT2D eigenvalue weighted by molar-refractivity contribution is -0.131. The van der Waals surface area contributed by atoms with Crippen molar-refractivity contribution in [2.24, 2.45) is 7.05 Å². The topological polar surface area (TPSA) is 42.2 Å². The highest BCUT2D eigenvalue weighted by atomic mass is 35.5. The Morgan fingerprint density at radius 2 is 2.25 bits per heavy atom. The molecule has 0 radical (unpaired) electrons. The molecule has 2 rings (SSSR count). The van der Waals surface area contributed by atoms with E-state index in [1.54, 1.807) is 12.1 Å². The van der Waals surface area contributed by atoms with Crippen LogP contribution < -0.4 is 0 Å². The quantitative estimate of drug-likeness (QED) is 0.814. The van der Waals surface area contributed by atoms with Gasteiger partial charge < -0.3 is 9.67 Å². The number of hydrogen-bond donors (Lipinski definition) is 1. The van der Waals surface area contributed by atoms with E-state index in [0.29, 0.717) is 5.02 Å². The van der Waals surface area contributed by atoms with Crippen molar-refractivity contribution in [3.8, 4) is 0 Å². The summed E-state index contributed by atoms with van der Waals surface area (Å²) in [6.07, 6.45) is 4.59. The highest BCUT2D eigenvalue weighted by molar-refractivity contribution is 6.31. The van der Waals surface area contributed by atoms with Crippen LogP contribution in [0.4, 0.5) is 0 Å². The number of hydrogen-bond acceptors (Lipinski definition) is 1. The first kappa shape index (κ1) is 10.8. The molecule has 0 amide bonds. The lowest BCUT2D eigenvalue weighted by Gasteiger charge is -1.95. The van der Waals surface area contributed by atoms with E-state index in [9.17, 15) is 4.79 Å². The third-order valence-corrected chi connectivity index (χ3v) is 2.62. The van der Waals surface area contributed by atoms with E-state index in [1.165, 1.54) is 0 Å². The van der Waals surface area contributed by atoms with Crippen LogP contribution in [0.5, 0.6) is 0 Å². The fourth-order valence-corrected chi connectivity index (χ4v) is 1.85. The SMILES string of the molecule is Cn1cc(/C=C/C(=O)O)c2ccc(Cl)cc21. The maximum absolute atomic E-state index is 10.5. The Morgan fingerprint density at radius 3 is 2.94 bits per heavy atom. The summed E-state index contributed by atoms with van der Waals surface area (Å²) in [5.74, 6) is -0.953. The molecule has 2 aromatic rings. The van der Waals surface area contributed by atoms with Gasteiger partial charge in [-0.15, -0.1) is 0 Å². The van der Waals surface area contributed by atoms with Gasteiger partial charge in [-0.25, -0.2) is 4.79 Å². The van der Waals surface area contributed by atoms with Gasteiger partial charge in [0.05, 0.1) is 0 Å². The minimum Gasteiger partial charge on any atom is -0.478 e. The van der Waals surface area contributed by atoms with Crippen LogP contribution in [-0.4, -0.2) is 15.6 Å². The van der Waals surface area contributed by atoms with Crippen molar-refractivity contribution in [3.63, 3.8) is 0 Å². The number of rotatable bonds is 2. The fraction of sp³-hybridized carbons (Fsp3) is 0.0833. The molecule has 0 saturated heterocycles. The number of aromatic nitrogens is 1. The first-order chi connectivity index (χ1) is 7.58. The molecule has 3 nitrogen and oxygen atoms in total. The fourth-order valence-electron chi connectivity index (χ4n) is 1.68. The molecule has 0 bridgehead atoms. The van der Waals surface area contributed by atoms with E-state index < -0.39 is 5.97 Å². The average molecular weight is 236 g/mol. The Hall–Kier alpha value is -1.74. The second-order valence-corrected chi connectivity index (χ2v) is 3.96. The molecule has 0 atom stereocenters. The van der Waals surface area contributed by atoms with Crippen LogP contribution >= 0.6 is 11.6 Å². The van der Waals surface area contributed by atoms with Crippen molar-refractivity contribution >= 4 is 34.5 Å². The van der Waals surface area contributed by atoms with Crippen LogP contribution in [-0.2, 0) is 11.8 Å². The monoisotopic (exact) mass is 235 g/mol. The summed E-state index contributed by atoms with van der Waals surface area (Å²) in [5, 5.41) is 10.2. The first-order valence-corrected chi connectivity index (χ1v) is 5.11. The Morgan fingerprint density at radius 1 is 1.50 bits per heavy atom. The summed E-state index contributed by atoms with van der Waals surface area (Å²) >= 11 is 5.90. The number of fused-ring (bicyclic) bond motifs is 1. The summed E-state index contributed by atoms with van der Waals surface area (Å²) in [4.78, 5) is 10.5. The largest absolute Gasteiger partial charge is 0.478 e. The molecule has 0 unspecified atom stereocenters. The standard InChI is InChI=1S/C12H10ClNO2/c1-14-7-8(2-5-12(15)16)10-4-3-9(13)6-11(10)14/h2-7H,1H3,(H,15,16)/b5-2+. The van der Waals surface area contributed by atoms with Crippen LogP contribution in [0.1, 0.15) is 5.56 Å². The summed E-state index contributed by atoms with van der Waals surface area (Å²) in [6.45, 7) is 0. The Labute approximate surface area is 97.6 Å². The molecule has 0 aliphatic carbocycles. The second-order valence-electron chi connectivity index (χ2n) is 3.53. The lowest BCUT2D eigenvalue weighted by atomic mass is 10.1. The zero-order chi connectivity index (χ0) is 11.7. The van der Waals surface area contributed by atoms with Gasteiger partial charge in [-0.1, -0.05) is 17.7 Å². The molecule has 16 heavy (non-hydrogen) atoms. The van der Waals surface area contributed by atoms with Crippen molar-refractivity contribution in [1.29, 1.82) is 0 Å². The number of benzene rings is 1. The van der Waals surface area contributed by atoms with E-state index in [2.05, 4.69) is 0 Å². The highest BCUT2D eigenvalue weighted by Gasteiger charge is 2.04. The lowest BCUT2D eigenvalue weighted by Crippen LogP contribution is -1.85. The summed E-state index contributed by atoms with van der Waals surface area (Å²) in [6, 6.07) is 5.54. The first-order valence-electron chi connectivity index (χ1n) is 4.73. The maximum Gasteiger partial charge on any atom is 0.328 e. The number of aliphatic carboxylic acids is 1. The second kappa shape index (κ2) is 4.02. The molecule has 0 fully saturated rings. The number of nitrogens with zero attached hydrogens (tertiary/aromatic N) is 1. The smallest absolute Gasteiger partial charge is 0.328 e. The molecular formula is C12H10ClNO2. The molecular weight excluding hydrogens is 226 g/mol. The molecule has 1 aromatic heterocycles. The van der Waals surface area contributed by atoms with Crippen molar-refractivity contribution < 1.29 is 9.90 Å². The van der Waals surface area contributed by atoms with Crippen LogP contribution in [0.3, 0.4) is 0 Å². The normalized spacial score (nSPS) is 11.4. The average Bonchev–Trinajstić information content (AvgIpc) is 2.53. The van der Waals surface area contributed by atoms with Gasteiger partial charge in [0, 0.05) is 40.8 Å². The van der Waals surface area contributed by atoms with Gasteiger partial charge in [-0.2, -0.15) is 0 Å². The predicted molar refractivity (Wildman–Crippen MR) is 64.6 cm³/mol. The van der Waals surface area contributed by atoms with Crippen LogP contribution in [0.25, 0.3) is 17.0 Å². The molecule has 0 aliphatic rings. The summed E-state index contributed by atoms with van der Waals surface area (Å²) in [5.41, 5.74) is 1.86. The van der Waals surface area contributed by atoms with Crippen molar-refractivity contribution in [2.45, 2.75) is 0 Å². The van der Waals surface area contributed by atoms with E-state index in [4.69, 9.17) is 16.7 Å². The van der Waals surface area contributed by atoms with Crippen LogP contribution in [0.2, 0.25) is 5.02 Å². The molecule has 82 valence electrons. The zero-order valence-corrected chi connectivity index (χ0v) is 9.40. The molecule has 4 heteroatoms. The van der Waals surface area contributed by atoms with Crippen molar-refractivity contribution in [1.82, 2.24) is 4.57 Å². The minimum absolute atomic E-state index is 0.669. The van der Waals surface area contributed by atoms with Crippen molar-refractivity contribution in [2.75, 3.05) is 0 Å². The number of carboxylic acids is 1. The maximum atomic E-state index is 10.5. The van der Waals surface area contributed by atoms with Gasteiger partial charge in [-0.3, -0.25) is 0 Å². The van der Waals surface area contributed by atoms with Gasteiger partial charge in [0.25, 0.3) is 0 Å². The highest BCUT2D eigenvalue weighted by Crippen LogP contribution is 2.24. The van der Waals surface area contributed by atoms with Crippen molar-refractivity contribution in [3.05, 3.63) is 41.1 Å². The van der Waals surface area contributed by atoms with Crippen LogP contribution in [0, 0.1) is 0 Å². The Balaban J connectivity index is 2.59. The molecule has 1 N–H and O–H groups in total. The molecule has 1 aromatic carbocycles. The predicted octanol–water partition coefficient (Wildman–Crippen LogP) is 2.93.